The fourth-order valence-corrected chi connectivity index (χ4v) is 2.10. The standard InChI is InChI=1S/C14H29NO/c1-6-7-8-9-14(16)15-10-13(11(2)3)12(4)5/h11-13H,6-10H2,1-5H3,(H,15,16). The first-order chi connectivity index (χ1) is 7.49. The van der Waals surface area contributed by atoms with Gasteiger partial charge in [-0.25, -0.2) is 0 Å². The molecule has 1 amide bonds. The predicted molar refractivity (Wildman–Crippen MR) is 70.3 cm³/mol. The quantitative estimate of drug-likeness (QED) is 0.631. The molecule has 2 heteroatoms. The monoisotopic (exact) mass is 227 g/mol. The molecule has 0 radical (unpaired) electrons. The van der Waals surface area contributed by atoms with E-state index in [2.05, 4.69) is 39.9 Å². The number of carbonyl (C=O) groups is 1. The van der Waals surface area contributed by atoms with Crippen LogP contribution in [0, 0.1) is 17.8 Å². The Balaban J connectivity index is 3.79. The van der Waals surface area contributed by atoms with Gasteiger partial charge in [0, 0.05) is 13.0 Å². The van der Waals surface area contributed by atoms with Crippen LogP contribution < -0.4 is 5.32 Å². The molecule has 0 spiro atoms. The minimum absolute atomic E-state index is 0.222. The van der Waals surface area contributed by atoms with Crippen molar-refractivity contribution < 1.29 is 4.79 Å². The normalized spacial score (nSPS) is 11.5. The lowest BCUT2D eigenvalue weighted by Gasteiger charge is -2.25. The van der Waals surface area contributed by atoms with E-state index in [0.717, 1.165) is 19.4 Å². The molecule has 0 aromatic carbocycles. The number of carbonyl (C=O) groups excluding carboxylic acids is 1. The Hall–Kier alpha value is -0.530. The van der Waals surface area contributed by atoms with Gasteiger partial charge in [0.1, 0.15) is 0 Å². The van der Waals surface area contributed by atoms with Gasteiger partial charge in [-0.1, -0.05) is 47.5 Å². The molecule has 0 saturated carbocycles. The van der Waals surface area contributed by atoms with Gasteiger partial charge in [0.25, 0.3) is 0 Å². The van der Waals surface area contributed by atoms with Crippen molar-refractivity contribution >= 4 is 5.91 Å². The zero-order chi connectivity index (χ0) is 12.6. The van der Waals surface area contributed by atoms with Crippen molar-refractivity contribution in [2.24, 2.45) is 17.8 Å². The van der Waals surface area contributed by atoms with Gasteiger partial charge in [-0.2, -0.15) is 0 Å². The van der Waals surface area contributed by atoms with Gasteiger partial charge in [-0.05, 0) is 24.2 Å². The molecular formula is C14H29NO. The van der Waals surface area contributed by atoms with E-state index in [1.807, 2.05) is 0 Å². The van der Waals surface area contributed by atoms with E-state index in [4.69, 9.17) is 0 Å². The first-order valence-corrected chi connectivity index (χ1v) is 6.75. The van der Waals surface area contributed by atoms with Gasteiger partial charge in [-0.3, -0.25) is 4.79 Å². The molecule has 16 heavy (non-hydrogen) atoms. The summed E-state index contributed by atoms with van der Waals surface area (Å²) in [6.07, 6.45) is 4.05. The number of unbranched alkanes of at least 4 members (excludes halogenated alkanes) is 2. The Labute approximate surface area is 101 Å². The first kappa shape index (κ1) is 15.5. The van der Waals surface area contributed by atoms with Crippen molar-refractivity contribution in [1.29, 1.82) is 0 Å². The van der Waals surface area contributed by atoms with Crippen LogP contribution >= 0.6 is 0 Å². The maximum atomic E-state index is 11.6. The van der Waals surface area contributed by atoms with Crippen molar-refractivity contribution in [3.05, 3.63) is 0 Å². The molecule has 96 valence electrons. The smallest absolute Gasteiger partial charge is 0.220 e. The number of nitrogens with one attached hydrogen (secondary N) is 1. The third-order valence-electron chi connectivity index (χ3n) is 3.25. The second-order valence-electron chi connectivity index (χ2n) is 5.41. The molecular weight excluding hydrogens is 198 g/mol. The molecule has 0 unspecified atom stereocenters. The van der Waals surface area contributed by atoms with Crippen LogP contribution in [0.2, 0.25) is 0 Å². The van der Waals surface area contributed by atoms with Gasteiger partial charge in [0.05, 0.1) is 0 Å². The third kappa shape index (κ3) is 6.86. The number of rotatable bonds is 8. The largest absolute Gasteiger partial charge is 0.356 e. The highest BCUT2D eigenvalue weighted by Gasteiger charge is 2.17. The second kappa shape index (κ2) is 8.60. The molecule has 0 heterocycles. The molecule has 0 aliphatic carbocycles. The summed E-state index contributed by atoms with van der Waals surface area (Å²) in [7, 11) is 0. The Morgan fingerprint density at radius 3 is 2.06 bits per heavy atom. The molecule has 0 aliphatic rings. The van der Waals surface area contributed by atoms with E-state index < -0.39 is 0 Å². The van der Waals surface area contributed by atoms with E-state index in [-0.39, 0.29) is 5.91 Å². The predicted octanol–water partition coefficient (Wildman–Crippen LogP) is 3.61. The van der Waals surface area contributed by atoms with Crippen molar-refractivity contribution in [3.63, 3.8) is 0 Å². The van der Waals surface area contributed by atoms with Crippen molar-refractivity contribution in [2.45, 2.75) is 60.3 Å². The van der Waals surface area contributed by atoms with Crippen LogP contribution in [-0.2, 0) is 4.79 Å². The number of hydrogen-bond acceptors (Lipinski definition) is 1. The highest BCUT2D eigenvalue weighted by molar-refractivity contribution is 5.75. The van der Waals surface area contributed by atoms with E-state index in [9.17, 15) is 4.79 Å². The first-order valence-electron chi connectivity index (χ1n) is 6.75. The van der Waals surface area contributed by atoms with Crippen LogP contribution in [0.1, 0.15) is 60.3 Å². The van der Waals surface area contributed by atoms with Crippen LogP contribution in [0.5, 0.6) is 0 Å². The van der Waals surface area contributed by atoms with Crippen LogP contribution in [0.25, 0.3) is 0 Å². The van der Waals surface area contributed by atoms with Gasteiger partial charge in [0.15, 0.2) is 0 Å². The summed E-state index contributed by atoms with van der Waals surface area (Å²) in [4.78, 5) is 11.6. The van der Waals surface area contributed by atoms with Crippen molar-refractivity contribution in [1.82, 2.24) is 5.32 Å². The van der Waals surface area contributed by atoms with Gasteiger partial charge < -0.3 is 5.32 Å². The SMILES string of the molecule is CCCCCC(=O)NCC(C(C)C)C(C)C. The maximum Gasteiger partial charge on any atom is 0.220 e. The Morgan fingerprint density at radius 1 is 1.06 bits per heavy atom. The fourth-order valence-electron chi connectivity index (χ4n) is 2.10. The lowest BCUT2D eigenvalue weighted by Crippen LogP contribution is -2.33. The zero-order valence-electron chi connectivity index (χ0n) is 11.7. The molecule has 0 saturated heterocycles. The minimum atomic E-state index is 0.222. The summed E-state index contributed by atoms with van der Waals surface area (Å²) < 4.78 is 0. The minimum Gasteiger partial charge on any atom is -0.356 e. The second-order valence-corrected chi connectivity index (χ2v) is 5.41. The highest BCUT2D eigenvalue weighted by Crippen LogP contribution is 2.19. The number of hydrogen-bond donors (Lipinski definition) is 1. The molecule has 0 aromatic heterocycles. The summed E-state index contributed by atoms with van der Waals surface area (Å²) in [5.41, 5.74) is 0. The maximum absolute atomic E-state index is 11.6. The van der Waals surface area contributed by atoms with Crippen LogP contribution in [0.15, 0.2) is 0 Å². The fraction of sp³-hybridized carbons (Fsp3) is 0.929. The van der Waals surface area contributed by atoms with E-state index >= 15 is 0 Å². The van der Waals surface area contributed by atoms with Crippen molar-refractivity contribution in [3.8, 4) is 0 Å². The molecule has 2 nitrogen and oxygen atoms in total. The van der Waals surface area contributed by atoms with E-state index in [0.29, 0.717) is 24.2 Å². The lowest BCUT2D eigenvalue weighted by atomic mass is 9.85. The molecule has 0 rings (SSSR count). The molecule has 1 N–H and O–H groups in total. The Morgan fingerprint density at radius 2 is 1.62 bits per heavy atom. The molecule has 0 bridgehead atoms. The van der Waals surface area contributed by atoms with Crippen LogP contribution in [0.4, 0.5) is 0 Å². The topological polar surface area (TPSA) is 29.1 Å². The lowest BCUT2D eigenvalue weighted by molar-refractivity contribution is -0.121. The average Bonchev–Trinajstić information content (AvgIpc) is 2.17. The zero-order valence-corrected chi connectivity index (χ0v) is 11.7. The van der Waals surface area contributed by atoms with Crippen molar-refractivity contribution in [2.75, 3.05) is 6.54 Å². The highest BCUT2D eigenvalue weighted by atomic mass is 16.1. The summed E-state index contributed by atoms with van der Waals surface area (Å²) >= 11 is 0. The van der Waals surface area contributed by atoms with Gasteiger partial charge in [-0.15, -0.1) is 0 Å². The summed E-state index contributed by atoms with van der Waals surface area (Å²) in [6.45, 7) is 11.9. The molecule has 0 atom stereocenters. The average molecular weight is 227 g/mol. The summed E-state index contributed by atoms with van der Waals surface area (Å²) in [5, 5.41) is 3.07. The Kier molecular flexibility index (Phi) is 8.32. The van der Waals surface area contributed by atoms with Gasteiger partial charge in [0.2, 0.25) is 5.91 Å². The summed E-state index contributed by atoms with van der Waals surface area (Å²) in [6, 6.07) is 0. The molecule has 0 aliphatic heterocycles. The Bertz CT molecular complexity index is 179. The van der Waals surface area contributed by atoms with Crippen LogP contribution in [0.3, 0.4) is 0 Å². The number of amides is 1. The van der Waals surface area contributed by atoms with Gasteiger partial charge >= 0.3 is 0 Å². The van der Waals surface area contributed by atoms with E-state index in [1.165, 1.54) is 6.42 Å². The van der Waals surface area contributed by atoms with Crippen LogP contribution in [-0.4, -0.2) is 12.5 Å². The molecule has 0 aromatic rings. The van der Waals surface area contributed by atoms with E-state index in [1.54, 1.807) is 0 Å². The summed E-state index contributed by atoms with van der Waals surface area (Å²) in [5.74, 6) is 2.08. The molecule has 0 fully saturated rings. The third-order valence-corrected chi connectivity index (χ3v) is 3.25.